The van der Waals surface area contributed by atoms with Crippen LogP contribution in [0.1, 0.15) is 50.9 Å². The summed E-state index contributed by atoms with van der Waals surface area (Å²) >= 11 is 0. The molecule has 1 aliphatic heterocycles. The highest BCUT2D eigenvalue weighted by Gasteiger charge is 2.52. The standard InChI is InChI=1S/C29H37NO5/c1-19-7-5-11-29(2)15-27-22(14-24(19)29)23(28(31)35-27)18-30(17-21-8-6-12-34-21)16-20-9-10-25(32-3)26(13-20)33-4/h6,8-10,12-14,19,22-23,27H,5,7,11,15-18H2,1-4H3/t19-,22+,23?,27+,29+/m0/s1. The van der Waals surface area contributed by atoms with Gasteiger partial charge in [-0.1, -0.05) is 38.0 Å². The van der Waals surface area contributed by atoms with Crippen molar-refractivity contribution in [2.45, 2.75) is 58.7 Å². The molecule has 1 aromatic heterocycles. The van der Waals surface area contributed by atoms with Crippen LogP contribution in [0, 0.1) is 23.2 Å². The summed E-state index contributed by atoms with van der Waals surface area (Å²) in [4.78, 5) is 15.5. The molecule has 0 spiro atoms. The third-order valence-electron chi connectivity index (χ3n) is 8.35. The van der Waals surface area contributed by atoms with E-state index in [0.717, 1.165) is 17.7 Å². The van der Waals surface area contributed by atoms with Gasteiger partial charge in [0.15, 0.2) is 11.5 Å². The second-order valence-electron chi connectivity index (χ2n) is 10.8. The molecule has 5 rings (SSSR count). The molecule has 188 valence electrons. The first-order chi connectivity index (χ1) is 16.9. The molecular weight excluding hydrogens is 442 g/mol. The van der Waals surface area contributed by atoms with Crippen LogP contribution in [0.15, 0.2) is 52.7 Å². The van der Waals surface area contributed by atoms with Gasteiger partial charge in [0.05, 0.1) is 32.9 Å². The van der Waals surface area contributed by atoms with Gasteiger partial charge in [-0.05, 0) is 60.4 Å². The SMILES string of the molecule is COc1ccc(CN(Cc2ccco2)CC2C(=O)O[C@@H]3C[C@@]4(C)CCC[C@H](C)C4=C[C@H]23)cc1OC. The van der Waals surface area contributed by atoms with E-state index in [4.69, 9.17) is 18.6 Å². The third-order valence-corrected chi connectivity index (χ3v) is 8.35. The molecule has 0 radical (unpaired) electrons. The highest BCUT2D eigenvalue weighted by molar-refractivity contribution is 5.76. The zero-order chi connectivity index (χ0) is 24.6. The topological polar surface area (TPSA) is 61.1 Å². The molecule has 5 atom stereocenters. The van der Waals surface area contributed by atoms with Gasteiger partial charge in [0.1, 0.15) is 11.9 Å². The van der Waals surface area contributed by atoms with E-state index in [-0.39, 0.29) is 29.3 Å². The summed E-state index contributed by atoms with van der Waals surface area (Å²) in [6.07, 6.45) is 8.74. The van der Waals surface area contributed by atoms with Crippen LogP contribution < -0.4 is 9.47 Å². The maximum Gasteiger partial charge on any atom is 0.311 e. The largest absolute Gasteiger partial charge is 0.493 e. The Bertz CT molecular complexity index is 1080. The molecule has 6 nitrogen and oxygen atoms in total. The van der Waals surface area contributed by atoms with Gasteiger partial charge < -0.3 is 18.6 Å². The number of benzene rings is 1. The quantitative estimate of drug-likeness (QED) is 0.362. The van der Waals surface area contributed by atoms with Gasteiger partial charge in [-0.25, -0.2) is 0 Å². The predicted octanol–water partition coefficient (Wildman–Crippen LogP) is 5.61. The molecule has 1 saturated carbocycles. The molecule has 2 aromatic rings. The van der Waals surface area contributed by atoms with Crippen molar-refractivity contribution in [3.63, 3.8) is 0 Å². The number of hydrogen-bond acceptors (Lipinski definition) is 6. The maximum absolute atomic E-state index is 13.2. The minimum Gasteiger partial charge on any atom is -0.493 e. The number of methoxy groups -OCH3 is 2. The number of fused-ring (bicyclic) bond motifs is 2. The number of hydrogen-bond donors (Lipinski definition) is 0. The van der Waals surface area contributed by atoms with Crippen LogP contribution in [-0.2, 0) is 22.6 Å². The maximum atomic E-state index is 13.2. The lowest BCUT2D eigenvalue weighted by molar-refractivity contribution is -0.145. The number of carbonyl (C=O) groups excluding carboxylic acids is 1. The summed E-state index contributed by atoms with van der Waals surface area (Å²) in [5.74, 6) is 2.75. The lowest BCUT2D eigenvalue weighted by Crippen LogP contribution is -2.40. The molecule has 1 unspecified atom stereocenters. The monoisotopic (exact) mass is 479 g/mol. The Morgan fingerprint density at radius 1 is 1.14 bits per heavy atom. The van der Waals surface area contributed by atoms with Crippen molar-refractivity contribution < 1.29 is 23.4 Å². The molecule has 0 amide bonds. The van der Waals surface area contributed by atoms with Crippen LogP contribution in [0.5, 0.6) is 11.5 Å². The van der Waals surface area contributed by atoms with E-state index < -0.39 is 0 Å². The molecule has 1 saturated heterocycles. The number of nitrogens with zero attached hydrogens (tertiary/aromatic N) is 1. The van der Waals surface area contributed by atoms with Crippen molar-refractivity contribution in [1.29, 1.82) is 0 Å². The van der Waals surface area contributed by atoms with Crippen LogP contribution in [0.2, 0.25) is 0 Å². The minimum atomic E-state index is -0.179. The molecule has 0 N–H and O–H groups in total. The van der Waals surface area contributed by atoms with Crippen LogP contribution in [0.4, 0.5) is 0 Å². The predicted molar refractivity (Wildman–Crippen MR) is 133 cm³/mol. The normalized spacial score (nSPS) is 29.9. The Hall–Kier alpha value is -2.73. The third kappa shape index (κ3) is 4.73. The highest BCUT2D eigenvalue weighted by atomic mass is 16.6. The van der Waals surface area contributed by atoms with Gasteiger partial charge in [0.2, 0.25) is 0 Å². The first-order valence-electron chi connectivity index (χ1n) is 12.8. The Balaban J connectivity index is 1.40. The number of furan rings is 1. The molecule has 1 aromatic carbocycles. The highest BCUT2D eigenvalue weighted by Crippen LogP contribution is 2.54. The molecule has 3 aliphatic rings. The molecule has 6 heteroatoms. The average molecular weight is 480 g/mol. The van der Waals surface area contributed by atoms with Crippen molar-refractivity contribution in [3.05, 3.63) is 59.6 Å². The minimum absolute atomic E-state index is 0.0157. The molecular formula is C29H37NO5. The Labute approximate surface area is 208 Å². The lowest BCUT2D eigenvalue weighted by Gasteiger charge is -2.46. The van der Waals surface area contributed by atoms with Gasteiger partial charge in [0, 0.05) is 19.0 Å². The van der Waals surface area contributed by atoms with Crippen LogP contribution in [-0.4, -0.2) is 37.7 Å². The van der Waals surface area contributed by atoms with Crippen molar-refractivity contribution in [2.75, 3.05) is 20.8 Å². The van der Waals surface area contributed by atoms with E-state index >= 15 is 0 Å². The fourth-order valence-corrected chi connectivity index (χ4v) is 6.58. The number of esters is 1. The number of carbonyl (C=O) groups is 1. The van der Waals surface area contributed by atoms with Gasteiger partial charge in [-0.3, -0.25) is 9.69 Å². The Morgan fingerprint density at radius 3 is 2.71 bits per heavy atom. The molecule has 35 heavy (non-hydrogen) atoms. The van der Waals surface area contributed by atoms with Crippen molar-refractivity contribution in [2.24, 2.45) is 23.2 Å². The average Bonchev–Trinajstić information content (AvgIpc) is 3.45. The first-order valence-corrected chi connectivity index (χ1v) is 12.8. The van der Waals surface area contributed by atoms with E-state index in [1.807, 2.05) is 30.3 Å². The van der Waals surface area contributed by atoms with Crippen molar-refractivity contribution >= 4 is 5.97 Å². The van der Waals surface area contributed by atoms with E-state index in [2.05, 4.69) is 24.8 Å². The van der Waals surface area contributed by atoms with Gasteiger partial charge in [-0.15, -0.1) is 0 Å². The fourth-order valence-electron chi connectivity index (χ4n) is 6.58. The van der Waals surface area contributed by atoms with Gasteiger partial charge in [0.25, 0.3) is 0 Å². The van der Waals surface area contributed by atoms with Crippen LogP contribution in [0.3, 0.4) is 0 Å². The number of allylic oxidation sites excluding steroid dienone is 1. The van der Waals surface area contributed by atoms with E-state index in [0.29, 0.717) is 37.1 Å². The summed E-state index contributed by atoms with van der Waals surface area (Å²) in [5.41, 5.74) is 2.81. The summed E-state index contributed by atoms with van der Waals surface area (Å²) in [6, 6.07) is 9.86. The molecule has 2 heterocycles. The van der Waals surface area contributed by atoms with E-state index in [1.54, 1.807) is 26.1 Å². The zero-order valence-electron chi connectivity index (χ0n) is 21.3. The zero-order valence-corrected chi connectivity index (χ0v) is 21.3. The van der Waals surface area contributed by atoms with E-state index in [1.165, 1.54) is 19.3 Å². The van der Waals surface area contributed by atoms with Gasteiger partial charge >= 0.3 is 5.97 Å². The lowest BCUT2D eigenvalue weighted by atomic mass is 9.59. The summed E-state index contributed by atoms with van der Waals surface area (Å²) in [5, 5.41) is 0. The second-order valence-corrected chi connectivity index (χ2v) is 10.8. The smallest absolute Gasteiger partial charge is 0.311 e. The second kappa shape index (κ2) is 9.73. The van der Waals surface area contributed by atoms with Gasteiger partial charge in [-0.2, -0.15) is 0 Å². The van der Waals surface area contributed by atoms with Crippen molar-refractivity contribution in [3.8, 4) is 11.5 Å². The first kappa shape index (κ1) is 24.0. The van der Waals surface area contributed by atoms with Crippen molar-refractivity contribution in [1.82, 2.24) is 4.90 Å². The Kier molecular flexibility index (Phi) is 6.67. The summed E-state index contributed by atoms with van der Waals surface area (Å²) in [6.45, 7) is 6.60. The summed E-state index contributed by atoms with van der Waals surface area (Å²) in [7, 11) is 3.28. The number of ether oxygens (including phenoxy) is 3. The molecule has 0 bridgehead atoms. The Morgan fingerprint density at radius 2 is 1.97 bits per heavy atom. The van der Waals surface area contributed by atoms with Crippen LogP contribution >= 0.6 is 0 Å². The molecule has 2 fully saturated rings. The number of rotatable bonds is 8. The molecule has 2 aliphatic carbocycles. The van der Waals surface area contributed by atoms with Crippen LogP contribution in [0.25, 0.3) is 0 Å². The van der Waals surface area contributed by atoms with E-state index in [9.17, 15) is 4.79 Å². The summed E-state index contributed by atoms with van der Waals surface area (Å²) < 4.78 is 22.6. The fraction of sp³-hybridized carbons (Fsp3) is 0.552.